The molecule has 2 saturated heterocycles. The van der Waals surface area contributed by atoms with E-state index in [-0.39, 0.29) is 98.6 Å². The number of benzene rings is 4. The molecule has 2 saturated carbocycles. The lowest BCUT2D eigenvalue weighted by atomic mass is 9.91. The molecule has 0 radical (unpaired) electrons. The second-order valence-electron chi connectivity index (χ2n) is 22.4. The summed E-state index contributed by atoms with van der Waals surface area (Å²) in [5.74, 6) is -10.1. The summed E-state index contributed by atoms with van der Waals surface area (Å²) in [6.45, 7) is 7.94. The molecule has 2 N–H and O–H groups in total. The minimum Gasteiger partial charge on any atom is -0.469 e. The van der Waals surface area contributed by atoms with Crippen LogP contribution in [0.4, 0.5) is 22.4 Å². The fraction of sp³-hybridized carbons (Fsp3) is 0.475. The Hall–Kier alpha value is -5.74. The summed E-state index contributed by atoms with van der Waals surface area (Å²) in [4.78, 5) is 94.8. The summed E-state index contributed by atoms with van der Waals surface area (Å²) in [6.07, 6.45) is 4.54. The highest BCUT2D eigenvalue weighted by molar-refractivity contribution is 9.10. The molecule has 434 valence electrons. The van der Waals surface area contributed by atoms with E-state index in [0.29, 0.717) is 50.7 Å². The predicted molar refractivity (Wildman–Crippen MR) is 297 cm³/mol. The summed E-state index contributed by atoms with van der Waals surface area (Å²) in [5.41, 5.74) is 1.39. The number of nitrogens with one attached hydrogen (secondary N) is 1. The van der Waals surface area contributed by atoms with Gasteiger partial charge in [0.25, 0.3) is 11.8 Å². The molecule has 2 spiro atoms. The summed E-state index contributed by atoms with van der Waals surface area (Å²) in [5, 5.41) is 11.3. The Kier molecular flexibility index (Phi) is 18.3. The van der Waals surface area contributed by atoms with Gasteiger partial charge in [0.15, 0.2) is 18.2 Å². The quantitative estimate of drug-likeness (QED) is 0.0218. The van der Waals surface area contributed by atoms with Crippen molar-refractivity contribution in [2.75, 3.05) is 46.4 Å². The number of halogens is 7. The first-order valence-corrected chi connectivity index (χ1v) is 28.6. The number of ether oxygens (including phenoxy) is 3. The third kappa shape index (κ3) is 12.8. The lowest BCUT2D eigenvalue weighted by molar-refractivity contribution is -0.250. The summed E-state index contributed by atoms with van der Waals surface area (Å²) in [6, 6.07) is 16.3. The van der Waals surface area contributed by atoms with Gasteiger partial charge in [0.05, 0.1) is 38.5 Å². The second-order valence-corrected chi connectivity index (χ2v) is 24.5. The van der Waals surface area contributed by atoms with E-state index in [1.54, 1.807) is 35.2 Å². The zero-order valence-electron chi connectivity index (χ0n) is 45.4. The first-order chi connectivity index (χ1) is 38.2. The Morgan fingerprint density at radius 3 is 1.60 bits per heavy atom. The van der Waals surface area contributed by atoms with E-state index < -0.39 is 60.3 Å². The average molecular weight is 1280 g/mol. The lowest BCUT2D eigenvalue weighted by Crippen LogP contribution is -2.53. The number of hydrogen-bond donors (Lipinski definition) is 2. The van der Waals surface area contributed by atoms with E-state index in [0.717, 1.165) is 38.2 Å². The van der Waals surface area contributed by atoms with Gasteiger partial charge in [0.1, 0.15) is 18.7 Å². The minimum absolute atomic E-state index is 0.00839. The van der Waals surface area contributed by atoms with Crippen molar-refractivity contribution in [3.05, 3.63) is 115 Å². The summed E-state index contributed by atoms with van der Waals surface area (Å²) in [7, 11) is 2.53. The number of methoxy groups -OCH3 is 2. The maximum atomic E-state index is 15.2. The Morgan fingerprint density at radius 1 is 0.667 bits per heavy atom. The molecular formula is C59H62Br2ClF4N3O12. The summed E-state index contributed by atoms with van der Waals surface area (Å²) < 4.78 is 75.2. The fourth-order valence-electron chi connectivity index (χ4n) is 11.3. The maximum absolute atomic E-state index is 15.2. The number of esters is 2. The van der Waals surface area contributed by atoms with Gasteiger partial charge in [0, 0.05) is 55.4 Å². The van der Waals surface area contributed by atoms with Gasteiger partial charge in [-0.05, 0) is 120 Å². The zero-order chi connectivity index (χ0) is 59.1. The molecule has 81 heavy (non-hydrogen) atoms. The Morgan fingerprint density at radius 2 is 1.15 bits per heavy atom. The van der Waals surface area contributed by atoms with Gasteiger partial charge in [-0.2, -0.15) is 17.6 Å². The van der Waals surface area contributed by atoms with Crippen molar-refractivity contribution in [3.63, 3.8) is 0 Å². The number of amides is 3. The highest BCUT2D eigenvalue weighted by atomic mass is 79.9. The topological polar surface area (TPSA) is 195 Å². The van der Waals surface area contributed by atoms with Gasteiger partial charge >= 0.3 is 18.0 Å². The molecule has 2 aliphatic heterocycles. The molecule has 3 unspecified atom stereocenters. The van der Waals surface area contributed by atoms with Crippen molar-refractivity contribution < 1.29 is 75.5 Å². The van der Waals surface area contributed by atoms with E-state index >= 15 is 8.78 Å². The third-order valence-electron chi connectivity index (χ3n) is 16.3. The predicted octanol–water partition coefficient (Wildman–Crippen LogP) is 11.7. The van der Waals surface area contributed by atoms with Crippen LogP contribution in [-0.4, -0.2) is 121 Å². The molecule has 0 aromatic heterocycles. The van der Waals surface area contributed by atoms with Crippen LogP contribution in [-0.2, 0) is 50.1 Å². The molecular weight excluding hydrogens is 1210 g/mol. The molecule has 4 aromatic rings. The van der Waals surface area contributed by atoms with Gasteiger partial charge in [-0.15, -0.1) is 11.6 Å². The largest absolute Gasteiger partial charge is 0.469 e. The first-order valence-electron chi connectivity index (χ1n) is 26.5. The van der Waals surface area contributed by atoms with Crippen LogP contribution in [0.25, 0.3) is 22.3 Å². The number of alkyl halides is 5. The molecule has 15 nitrogen and oxygen atoms in total. The van der Waals surface area contributed by atoms with Crippen molar-refractivity contribution in [2.45, 2.75) is 103 Å². The zero-order valence-corrected chi connectivity index (χ0v) is 49.3. The highest BCUT2D eigenvalue weighted by Gasteiger charge is 2.57. The third-order valence-corrected chi connectivity index (χ3v) is 17.5. The maximum Gasteiger partial charge on any atom is 0.407 e. The molecule has 3 amide bonds. The molecule has 22 heteroatoms. The number of alkyl carbamates (subject to hydrolysis) is 1. The SMILES string of the molecule is COC(=O)CC(C(=O)N1CC2(CC2)CC1C(=O)OCC(=O)c1ccc2c(c1)C(F)(F)c1cc(Br)ccc1-2)C(C)C.COC(=O)NC(C(=O)N1CC2(CC2)C[C@H]1COO)C(C)C.O=C(CCl)c1ccc2c(c1)C(F)(F)c1cc(Br)ccc1-2. The van der Waals surface area contributed by atoms with E-state index in [4.69, 9.17) is 26.3 Å². The molecule has 0 bridgehead atoms. The number of fused-ring (bicyclic) bond motifs is 6. The van der Waals surface area contributed by atoms with E-state index in [9.17, 15) is 42.3 Å². The van der Waals surface area contributed by atoms with E-state index in [1.165, 1.54) is 55.5 Å². The van der Waals surface area contributed by atoms with Crippen molar-refractivity contribution in [1.29, 1.82) is 0 Å². The van der Waals surface area contributed by atoms with Crippen LogP contribution >= 0.6 is 43.5 Å². The number of ketones is 2. The number of likely N-dealkylation sites (tertiary alicyclic amines) is 2. The highest BCUT2D eigenvalue weighted by Crippen LogP contribution is 2.57. The number of carbonyl (C=O) groups excluding carboxylic acids is 7. The molecule has 4 atom stereocenters. The smallest absolute Gasteiger partial charge is 0.407 e. The average Bonchev–Trinajstić information content (AvgIpc) is 4.46. The number of nitrogens with zero attached hydrogens (tertiary/aromatic N) is 2. The second kappa shape index (κ2) is 24.2. The first kappa shape index (κ1) is 61.3. The number of carbonyl (C=O) groups is 7. The van der Waals surface area contributed by atoms with Crippen LogP contribution in [0.1, 0.15) is 116 Å². The van der Waals surface area contributed by atoms with Crippen LogP contribution in [0.3, 0.4) is 0 Å². The molecule has 4 aliphatic carbocycles. The normalized spacial score (nSPS) is 19.9. The van der Waals surface area contributed by atoms with Gasteiger partial charge in [-0.25, -0.2) is 14.5 Å². The van der Waals surface area contributed by atoms with Gasteiger partial charge < -0.3 is 29.3 Å². The van der Waals surface area contributed by atoms with Crippen LogP contribution in [0.2, 0.25) is 0 Å². The van der Waals surface area contributed by atoms with Gasteiger partial charge in [-0.3, -0.25) is 29.2 Å². The number of rotatable bonds is 15. The fourth-order valence-corrected chi connectivity index (χ4v) is 12.2. The van der Waals surface area contributed by atoms with Crippen LogP contribution in [0.5, 0.6) is 0 Å². The molecule has 10 rings (SSSR count). The Balaban J connectivity index is 0.000000176. The molecule has 4 fully saturated rings. The molecule has 2 heterocycles. The van der Waals surface area contributed by atoms with Crippen LogP contribution in [0, 0.1) is 28.6 Å². The van der Waals surface area contributed by atoms with E-state index in [1.807, 2.05) is 27.7 Å². The number of Topliss-reactive ketones (excluding diaryl/α,β-unsaturated/α-hetero) is 2. The summed E-state index contributed by atoms with van der Waals surface area (Å²) >= 11 is 11.9. The van der Waals surface area contributed by atoms with E-state index in [2.05, 4.69) is 46.8 Å². The lowest BCUT2D eigenvalue weighted by Gasteiger charge is -2.30. The van der Waals surface area contributed by atoms with Crippen LogP contribution in [0.15, 0.2) is 81.7 Å². The Labute approximate surface area is 487 Å². The molecule has 6 aliphatic rings. The van der Waals surface area contributed by atoms with Crippen molar-refractivity contribution in [2.24, 2.45) is 28.6 Å². The minimum atomic E-state index is -3.28. The molecule has 4 aromatic carbocycles. The standard InChI is InChI=1S/C30H30BrF2NO6.C15H8BrClF2O.C14H24N2O5/c1-16(2)21(12-26(36)39-3)27(37)34-15-29(8-9-29)13-24(34)28(38)40-14-25(35)17-4-6-19-20-7-5-18(31)11-23(20)30(32,33)22(19)10-17;16-9-2-4-11-10-3-1-8(14(20)7-17)5-12(10)15(18,19)13(11)6-9;1-9(2)11(15-13(18)20-3)12(17)16-8-14(4-5-14)6-10(16)7-21-19/h4-7,10-11,16,21,24H,8-9,12-15H2,1-3H3;1-6H,7H2;9-11,19H,4-8H2,1-3H3,(H,15,18)/t;;10-,11?/m..0/s1. The monoisotopic (exact) mass is 1270 g/mol. The van der Waals surface area contributed by atoms with Crippen molar-refractivity contribution in [1.82, 2.24) is 15.1 Å². The van der Waals surface area contributed by atoms with Crippen molar-refractivity contribution >= 4 is 84.9 Å². The number of hydrogen-bond acceptors (Lipinski definition) is 12. The van der Waals surface area contributed by atoms with Gasteiger partial charge in [0.2, 0.25) is 11.8 Å². The van der Waals surface area contributed by atoms with Crippen LogP contribution < -0.4 is 5.32 Å². The van der Waals surface area contributed by atoms with Gasteiger partial charge in [-0.1, -0.05) is 96.0 Å². The van der Waals surface area contributed by atoms with Crippen molar-refractivity contribution in [3.8, 4) is 22.3 Å². The Bertz CT molecular complexity index is 3150.